The van der Waals surface area contributed by atoms with Gasteiger partial charge in [-0.3, -0.25) is 9.67 Å². The number of ether oxygens (including phenoxy) is 1. The number of piperidine rings is 1. The van der Waals surface area contributed by atoms with Gasteiger partial charge in [-0.1, -0.05) is 17.7 Å². The largest absolute Gasteiger partial charge is 0.441 e. The highest BCUT2D eigenvalue weighted by molar-refractivity contribution is 6.33. The predicted molar refractivity (Wildman–Crippen MR) is 112 cm³/mol. The van der Waals surface area contributed by atoms with Gasteiger partial charge in [-0.05, 0) is 17.7 Å². The lowest BCUT2D eigenvalue weighted by Gasteiger charge is -2.39. The van der Waals surface area contributed by atoms with Gasteiger partial charge in [-0.15, -0.1) is 0 Å². The fraction of sp³-hybridized carbons (Fsp3) is 0.350. The maximum absolute atomic E-state index is 11.5. The van der Waals surface area contributed by atoms with Crippen molar-refractivity contribution in [2.75, 3.05) is 30.3 Å². The minimum Gasteiger partial charge on any atom is -0.441 e. The van der Waals surface area contributed by atoms with E-state index in [9.17, 15) is 4.79 Å². The number of alkyl carbamates (subject to hydrolysis) is 1. The molecule has 4 heterocycles. The third kappa shape index (κ3) is 2.95. The van der Waals surface area contributed by atoms with E-state index in [1.807, 2.05) is 25.4 Å². The van der Waals surface area contributed by atoms with Crippen LogP contribution in [0.25, 0.3) is 22.0 Å². The Morgan fingerprint density at radius 3 is 2.79 bits per heavy atom. The van der Waals surface area contributed by atoms with Crippen molar-refractivity contribution in [2.24, 2.45) is 7.05 Å². The van der Waals surface area contributed by atoms with Crippen molar-refractivity contribution in [3.8, 4) is 11.1 Å². The maximum Gasteiger partial charge on any atom is 0.407 e. The molecule has 2 fully saturated rings. The van der Waals surface area contributed by atoms with Gasteiger partial charge in [0.2, 0.25) is 0 Å². The number of pyridine rings is 1. The van der Waals surface area contributed by atoms with E-state index in [4.69, 9.17) is 22.1 Å². The second-order valence-electron chi connectivity index (χ2n) is 7.67. The van der Waals surface area contributed by atoms with Gasteiger partial charge in [0, 0.05) is 56.3 Å². The summed E-state index contributed by atoms with van der Waals surface area (Å²) in [6, 6.07) is 6.06. The van der Waals surface area contributed by atoms with Crippen LogP contribution in [0.5, 0.6) is 0 Å². The van der Waals surface area contributed by atoms with Crippen molar-refractivity contribution in [1.82, 2.24) is 20.1 Å². The van der Waals surface area contributed by atoms with E-state index in [1.165, 1.54) is 0 Å². The number of aromatic nitrogens is 3. The minimum absolute atomic E-state index is 0.329. The molecule has 0 saturated carbocycles. The molecule has 2 saturated heterocycles. The van der Waals surface area contributed by atoms with E-state index < -0.39 is 5.60 Å². The summed E-state index contributed by atoms with van der Waals surface area (Å²) in [7, 11) is 1.88. The fourth-order valence-electron chi connectivity index (χ4n) is 4.33. The Labute approximate surface area is 172 Å². The van der Waals surface area contributed by atoms with Crippen LogP contribution in [-0.4, -0.2) is 46.1 Å². The quantitative estimate of drug-likeness (QED) is 0.671. The molecule has 2 aliphatic heterocycles. The zero-order chi connectivity index (χ0) is 20.2. The van der Waals surface area contributed by atoms with Gasteiger partial charge in [0.25, 0.3) is 0 Å². The van der Waals surface area contributed by atoms with Crippen molar-refractivity contribution >= 4 is 40.1 Å². The monoisotopic (exact) mass is 412 g/mol. The number of carbonyl (C=O) groups is 1. The second-order valence-corrected chi connectivity index (χ2v) is 8.08. The molecule has 8 nitrogen and oxygen atoms in total. The summed E-state index contributed by atoms with van der Waals surface area (Å²) in [5.41, 5.74) is 9.44. The Hall–Kier alpha value is -3.00. The lowest BCUT2D eigenvalue weighted by atomic mass is 9.91. The number of nitrogens with two attached hydrogens (primary N) is 1. The lowest BCUT2D eigenvalue weighted by Crippen LogP contribution is -2.46. The highest BCUT2D eigenvalue weighted by atomic mass is 35.5. The van der Waals surface area contributed by atoms with Gasteiger partial charge in [0.15, 0.2) is 5.82 Å². The number of nitrogens with one attached hydrogen (secondary N) is 1. The first-order chi connectivity index (χ1) is 14.0. The number of carbonyl (C=O) groups excluding carboxylic acids is 1. The fourth-order valence-corrected chi connectivity index (χ4v) is 4.61. The second kappa shape index (κ2) is 6.52. The Morgan fingerprint density at radius 2 is 2.07 bits per heavy atom. The number of rotatable bonds is 2. The zero-order valence-corrected chi connectivity index (χ0v) is 16.7. The number of amides is 1. The van der Waals surface area contributed by atoms with Crippen LogP contribution in [0, 0.1) is 0 Å². The molecule has 1 aromatic carbocycles. The van der Waals surface area contributed by atoms with Gasteiger partial charge < -0.3 is 20.7 Å². The van der Waals surface area contributed by atoms with Crippen LogP contribution in [0.4, 0.5) is 16.3 Å². The van der Waals surface area contributed by atoms with E-state index in [-0.39, 0.29) is 6.09 Å². The number of anilines is 2. The number of nitrogens with zero attached hydrogens (tertiary/aromatic N) is 4. The van der Waals surface area contributed by atoms with E-state index in [1.54, 1.807) is 10.9 Å². The first kappa shape index (κ1) is 18.1. The summed E-state index contributed by atoms with van der Waals surface area (Å²) >= 11 is 6.60. The average molecular weight is 413 g/mol. The molecular weight excluding hydrogens is 392 g/mol. The van der Waals surface area contributed by atoms with Gasteiger partial charge >= 0.3 is 6.09 Å². The molecule has 1 spiro atoms. The number of fused-ring (bicyclic) bond motifs is 1. The molecule has 29 heavy (non-hydrogen) atoms. The van der Waals surface area contributed by atoms with E-state index >= 15 is 0 Å². The summed E-state index contributed by atoms with van der Waals surface area (Å²) < 4.78 is 7.31. The van der Waals surface area contributed by atoms with Crippen molar-refractivity contribution in [3.05, 3.63) is 35.6 Å². The topological polar surface area (TPSA) is 98.3 Å². The molecule has 3 N–H and O–H groups in total. The number of hydrogen-bond acceptors (Lipinski definition) is 6. The van der Waals surface area contributed by atoms with E-state index in [2.05, 4.69) is 26.4 Å². The molecule has 2 aliphatic rings. The highest BCUT2D eigenvalue weighted by Gasteiger charge is 2.43. The van der Waals surface area contributed by atoms with Crippen LogP contribution in [0.1, 0.15) is 12.8 Å². The number of aryl methyl sites for hydroxylation is 1. The van der Waals surface area contributed by atoms with Crippen molar-refractivity contribution in [3.63, 3.8) is 0 Å². The molecule has 0 unspecified atom stereocenters. The minimum atomic E-state index is -0.404. The molecule has 150 valence electrons. The van der Waals surface area contributed by atoms with Crippen LogP contribution in [-0.2, 0) is 11.8 Å². The Bertz CT molecular complexity index is 1120. The van der Waals surface area contributed by atoms with Crippen molar-refractivity contribution in [1.29, 1.82) is 0 Å². The molecule has 3 aromatic rings. The van der Waals surface area contributed by atoms with Crippen LogP contribution in [0.15, 0.2) is 30.6 Å². The molecule has 0 radical (unpaired) electrons. The summed E-state index contributed by atoms with van der Waals surface area (Å²) in [4.78, 5) is 18.1. The summed E-state index contributed by atoms with van der Waals surface area (Å²) in [6.45, 7) is 2.05. The molecule has 9 heteroatoms. The maximum atomic E-state index is 11.5. The predicted octanol–water partition coefficient (Wildman–Crippen LogP) is 2.95. The molecule has 5 rings (SSSR count). The van der Waals surface area contributed by atoms with Crippen LogP contribution >= 0.6 is 11.6 Å². The number of hydrogen-bond donors (Lipinski definition) is 2. The molecule has 2 aromatic heterocycles. The van der Waals surface area contributed by atoms with Gasteiger partial charge in [0.1, 0.15) is 5.60 Å². The number of halogens is 1. The number of nitrogen functional groups attached to an aromatic ring is 1. The summed E-state index contributed by atoms with van der Waals surface area (Å²) in [5, 5.41) is 8.59. The van der Waals surface area contributed by atoms with Crippen molar-refractivity contribution < 1.29 is 9.53 Å². The van der Waals surface area contributed by atoms with Crippen molar-refractivity contribution in [2.45, 2.75) is 18.4 Å². The highest BCUT2D eigenvalue weighted by Crippen LogP contribution is 2.40. The van der Waals surface area contributed by atoms with Crippen LogP contribution in [0.2, 0.25) is 5.02 Å². The Kier molecular flexibility index (Phi) is 4.06. The molecule has 0 bridgehead atoms. The molecule has 1 amide bonds. The molecular formula is C20H21ClN6O2. The Morgan fingerprint density at radius 1 is 1.28 bits per heavy atom. The zero-order valence-electron chi connectivity index (χ0n) is 16.0. The SMILES string of the molecule is Cn1nc(N)c2ccc(-c3cncc(Cl)c3N3CCC4(CC3)CNC(=O)O4)cc21. The number of benzene rings is 1. The third-order valence-electron chi connectivity index (χ3n) is 5.92. The smallest absolute Gasteiger partial charge is 0.407 e. The van der Waals surface area contributed by atoms with Crippen LogP contribution in [0.3, 0.4) is 0 Å². The van der Waals surface area contributed by atoms with Gasteiger partial charge in [0.05, 0.1) is 22.8 Å². The normalized spacial score (nSPS) is 18.3. The van der Waals surface area contributed by atoms with E-state index in [0.29, 0.717) is 17.4 Å². The average Bonchev–Trinajstić information content (AvgIpc) is 3.21. The van der Waals surface area contributed by atoms with Gasteiger partial charge in [-0.2, -0.15) is 5.10 Å². The third-order valence-corrected chi connectivity index (χ3v) is 6.20. The first-order valence-corrected chi connectivity index (χ1v) is 9.91. The standard InChI is InChI=1S/C20H21ClN6O2/c1-26-16-8-12(2-3-13(16)18(22)25-26)14-9-23-10-15(21)17(14)27-6-4-20(5-7-27)11-24-19(28)29-20/h2-3,8-10H,4-7,11H2,1H3,(H2,22,25)(H,24,28). The molecule has 0 aliphatic carbocycles. The Balaban J connectivity index is 1.51. The summed E-state index contributed by atoms with van der Waals surface area (Å²) in [5.74, 6) is 0.513. The lowest BCUT2D eigenvalue weighted by molar-refractivity contribution is 0.0367. The van der Waals surface area contributed by atoms with Crippen LogP contribution < -0.4 is 16.0 Å². The van der Waals surface area contributed by atoms with E-state index in [0.717, 1.165) is 53.6 Å². The first-order valence-electron chi connectivity index (χ1n) is 9.54. The summed E-state index contributed by atoms with van der Waals surface area (Å²) in [6.07, 6.45) is 4.68. The molecule has 0 atom stereocenters. The van der Waals surface area contributed by atoms with Gasteiger partial charge in [-0.25, -0.2) is 4.79 Å².